The molecular weight excluding hydrogens is 215 g/mol. The second kappa shape index (κ2) is 4.18. The van der Waals surface area contributed by atoms with Gasteiger partial charge >= 0.3 is 0 Å². The molecule has 0 amide bonds. The predicted octanol–water partition coefficient (Wildman–Crippen LogP) is 3.03. The Morgan fingerprint density at radius 3 is 2.60 bits per heavy atom. The number of benzene rings is 1. The highest BCUT2D eigenvalue weighted by Gasteiger charge is 2.27. The summed E-state index contributed by atoms with van der Waals surface area (Å²) in [5, 5.41) is 8.94. The summed E-state index contributed by atoms with van der Waals surface area (Å²) >= 11 is 5.64. The van der Waals surface area contributed by atoms with Gasteiger partial charge in [-0.05, 0) is 31.5 Å². The van der Waals surface area contributed by atoms with E-state index in [-0.39, 0.29) is 5.02 Å². The van der Waals surface area contributed by atoms with E-state index in [1.54, 1.807) is 19.9 Å². The molecule has 1 atom stereocenters. The summed E-state index contributed by atoms with van der Waals surface area (Å²) in [7, 11) is 0. The molecule has 2 nitrogen and oxygen atoms in total. The lowest BCUT2D eigenvalue weighted by Crippen LogP contribution is -2.27. The van der Waals surface area contributed by atoms with Crippen molar-refractivity contribution in [3.63, 3.8) is 0 Å². The topological polar surface area (TPSA) is 49.8 Å². The SMILES string of the molecule is CC(C)(C#N)C(N)c1ccc(F)c(Cl)c1. The van der Waals surface area contributed by atoms with Gasteiger partial charge in [0.25, 0.3) is 0 Å². The van der Waals surface area contributed by atoms with Crippen LogP contribution in [0, 0.1) is 22.6 Å². The molecule has 2 N–H and O–H groups in total. The Bertz CT molecular complexity index is 410. The largest absolute Gasteiger partial charge is 0.323 e. The van der Waals surface area contributed by atoms with Crippen LogP contribution >= 0.6 is 11.6 Å². The molecule has 4 heteroatoms. The first kappa shape index (κ1) is 12.0. The molecule has 0 heterocycles. The first-order valence-corrected chi connectivity index (χ1v) is 4.88. The van der Waals surface area contributed by atoms with E-state index < -0.39 is 17.3 Å². The molecule has 1 rings (SSSR count). The third-order valence-electron chi connectivity index (χ3n) is 2.37. The van der Waals surface area contributed by atoms with Gasteiger partial charge in [0, 0.05) is 6.04 Å². The Labute approximate surface area is 93.5 Å². The van der Waals surface area contributed by atoms with E-state index in [0.717, 1.165) is 0 Å². The molecule has 0 aliphatic rings. The van der Waals surface area contributed by atoms with Crippen molar-refractivity contribution >= 4 is 11.6 Å². The molecule has 1 aromatic carbocycles. The minimum atomic E-state index is -0.707. The van der Waals surface area contributed by atoms with Crippen LogP contribution in [0.4, 0.5) is 4.39 Å². The molecular formula is C11H12ClFN2. The summed E-state index contributed by atoms with van der Waals surface area (Å²) in [4.78, 5) is 0. The van der Waals surface area contributed by atoms with E-state index in [1.165, 1.54) is 12.1 Å². The molecule has 15 heavy (non-hydrogen) atoms. The summed E-state index contributed by atoms with van der Waals surface area (Å²) < 4.78 is 12.9. The Morgan fingerprint density at radius 1 is 1.53 bits per heavy atom. The van der Waals surface area contributed by atoms with E-state index >= 15 is 0 Å². The van der Waals surface area contributed by atoms with Crippen molar-refractivity contribution in [2.75, 3.05) is 0 Å². The van der Waals surface area contributed by atoms with Gasteiger partial charge in [0.2, 0.25) is 0 Å². The zero-order valence-electron chi connectivity index (χ0n) is 8.59. The van der Waals surface area contributed by atoms with Crippen LogP contribution in [-0.4, -0.2) is 0 Å². The third-order valence-corrected chi connectivity index (χ3v) is 2.66. The average Bonchev–Trinajstić information content (AvgIpc) is 2.21. The molecule has 0 spiro atoms. The Hall–Kier alpha value is -1.11. The summed E-state index contributed by atoms with van der Waals surface area (Å²) in [6, 6.07) is 5.89. The van der Waals surface area contributed by atoms with Crippen LogP contribution in [0.1, 0.15) is 25.5 Å². The van der Waals surface area contributed by atoms with Crippen molar-refractivity contribution in [1.29, 1.82) is 5.26 Å². The Kier molecular flexibility index (Phi) is 3.33. The van der Waals surface area contributed by atoms with Gasteiger partial charge in [-0.3, -0.25) is 0 Å². The van der Waals surface area contributed by atoms with Crippen LogP contribution in [0.2, 0.25) is 5.02 Å². The molecule has 0 aliphatic carbocycles. The standard InChI is InChI=1S/C11H12ClFN2/c1-11(2,6-14)10(15)7-3-4-9(13)8(12)5-7/h3-5,10H,15H2,1-2H3. The van der Waals surface area contributed by atoms with Crippen LogP contribution in [-0.2, 0) is 0 Å². The number of halogens is 2. The van der Waals surface area contributed by atoms with Crippen LogP contribution in [0.5, 0.6) is 0 Å². The van der Waals surface area contributed by atoms with E-state index in [0.29, 0.717) is 5.56 Å². The van der Waals surface area contributed by atoms with Crippen molar-refractivity contribution < 1.29 is 4.39 Å². The highest BCUT2D eigenvalue weighted by atomic mass is 35.5. The molecule has 0 aliphatic heterocycles. The number of nitriles is 1. The van der Waals surface area contributed by atoms with Gasteiger partial charge in [-0.1, -0.05) is 17.7 Å². The first-order chi connectivity index (χ1) is 6.88. The third kappa shape index (κ3) is 2.47. The van der Waals surface area contributed by atoms with Gasteiger partial charge < -0.3 is 5.73 Å². The number of nitrogens with two attached hydrogens (primary N) is 1. The normalized spacial score (nSPS) is 13.3. The fraction of sp³-hybridized carbons (Fsp3) is 0.364. The molecule has 0 radical (unpaired) electrons. The Balaban J connectivity index is 3.08. The number of nitrogens with zero attached hydrogens (tertiary/aromatic N) is 1. The average molecular weight is 227 g/mol. The number of rotatable bonds is 2. The van der Waals surface area contributed by atoms with Gasteiger partial charge in [-0.2, -0.15) is 5.26 Å². The lowest BCUT2D eigenvalue weighted by Gasteiger charge is -2.24. The summed E-state index contributed by atoms with van der Waals surface area (Å²) in [6.07, 6.45) is 0. The van der Waals surface area contributed by atoms with Crippen LogP contribution in [0.25, 0.3) is 0 Å². The van der Waals surface area contributed by atoms with Crippen molar-refractivity contribution in [2.24, 2.45) is 11.1 Å². The highest BCUT2D eigenvalue weighted by molar-refractivity contribution is 6.30. The maximum Gasteiger partial charge on any atom is 0.141 e. The fourth-order valence-electron chi connectivity index (χ4n) is 1.19. The minimum Gasteiger partial charge on any atom is -0.323 e. The zero-order valence-corrected chi connectivity index (χ0v) is 9.35. The van der Waals surface area contributed by atoms with Gasteiger partial charge in [0.1, 0.15) is 5.82 Å². The molecule has 0 fully saturated rings. The van der Waals surface area contributed by atoms with Gasteiger partial charge in [-0.25, -0.2) is 4.39 Å². The molecule has 0 bridgehead atoms. The van der Waals surface area contributed by atoms with E-state index in [4.69, 9.17) is 22.6 Å². The van der Waals surface area contributed by atoms with Crippen molar-refractivity contribution in [2.45, 2.75) is 19.9 Å². The van der Waals surface area contributed by atoms with Crippen molar-refractivity contribution in [3.05, 3.63) is 34.6 Å². The van der Waals surface area contributed by atoms with Crippen molar-refractivity contribution in [1.82, 2.24) is 0 Å². The number of hydrogen-bond acceptors (Lipinski definition) is 2. The molecule has 1 unspecified atom stereocenters. The monoisotopic (exact) mass is 226 g/mol. The second-order valence-corrected chi connectivity index (χ2v) is 4.39. The lowest BCUT2D eigenvalue weighted by molar-refractivity contribution is 0.393. The van der Waals surface area contributed by atoms with Crippen LogP contribution < -0.4 is 5.73 Å². The molecule has 0 saturated carbocycles. The molecule has 80 valence electrons. The number of hydrogen-bond donors (Lipinski definition) is 1. The van der Waals surface area contributed by atoms with Crippen LogP contribution in [0.3, 0.4) is 0 Å². The Morgan fingerprint density at radius 2 is 2.13 bits per heavy atom. The van der Waals surface area contributed by atoms with Gasteiger partial charge in [-0.15, -0.1) is 0 Å². The zero-order chi connectivity index (χ0) is 11.6. The highest BCUT2D eigenvalue weighted by Crippen LogP contribution is 2.31. The lowest BCUT2D eigenvalue weighted by atomic mass is 9.82. The van der Waals surface area contributed by atoms with E-state index in [9.17, 15) is 4.39 Å². The minimum absolute atomic E-state index is 0.0247. The summed E-state index contributed by atoms with van der Waals surface area (Å²) in [5.41, 5.74) is 5.85. The van der Waals surface area contributed by atoms with Crippen LogP contribution in [0.15, 0.2) is 18.2 Å². The molecule has 0 saturated heterocycles. The first-order valence-electron chi connectivity index (χ1n) is 4.50. The van der Waals surface area contributed by atoms with Gasteiger partial charge in [0.05, 0.1) is 16.5 Å². The van der Waals surface area contributed by atoms with Crippen molar-refractivity contribution in [3.8, 4) is 6.07 Å². The summed E-state index contributed by atoms with van der Waals surface area (Å²) in [6.45, 7) is 3.46. The summed E-state index contributed by atoms with van der Waals surface area (Å²) in [5.74, 6) is -0.484. The maximum absolute atomic E-state index is 12.9. The smallest absolute Gasteiger partial charge is 0.141 e. The fourth-order valence-corrected chi connectivity index (χ4v) is 1.38. The van der Waals surface area contributed by atoms with E-state index in [2.05, 4.69) is 6.07 Å². The molecule has 1 aromatic rings. The predicted molar refractivity (Wildman–Crippen MR) is 57.7 cm³/mol. The maximum atomic E-state index is 12.9. The molecule has 0 aromatic heterocycles. The van der Waals surface area contributed by atoms with Gasteiger partial charge in [0.15, 0.2) is 0 Å². The second-order valence-electron chi connectivity index (χ2n) is 3.98. The van der Waals surface area contributed by atoms with E-state index in [1.807, 2.05) is 0 Å². The quantitative estimate of drug-likeness (QED) is 0.843.